The van der Waals surface area contributed by atoms with Crippen LogP contribution in [0.25, 0.3) is 0 Å². The van der Waals surface area contributed by atoms with E-state index < -0.39 is 0 Å². The van der Waals surface area contributed by atoms with Gasteiger partial charge in [-0.15, -0.1) is 0 Å². The van der Waals surface area contributed by atoms with Gasteiger partial charge in [-0.25, -0.2) is 9.97 Å². The molecule has 132 valence electrons. The number of aryl methyl sites for hydroxylation is 1. The Bertz CT molecular complexity index is 770. The van der Waals surface area contributed by atoms with Crippen molar-refractivity contribution in [3.63, 3.8) is 0 Å². The molecule has 8 heteroatoms. The summed E-state index contributed by atoms with van der Waals surface area (Å²) in [5.74, 6) is 1.01. The van der Waals surface area contributed by atoms with E-state index in [2.05, 4.69) is 32.1 Å². The van der Waals surface area contributed by atoms with Gasteiger partial charge in [0.2, 0.25) is 0 Å². The van der Waals surface area contributed by atoms with Crippen LogP contribution < -0.4 is 10.2 Å². The number of nitrogens with one attached hydrogen (secondary N) is 1. The van der Waals surface area contributed by atoms with Crippen LogP contribution in [0.3, 0.4) is 0 Å². The fourth-order valence-electron chi connectivity index (χ4n) is 2.69. The van der Waals surface area contributed by atoms with E-state index in [0.29, 0.717) is 27.3 Å². The van der Waals surface area contributed by atoms with Crippen molar-refractivity contribution in [3.8, 4) is 0 Å². The summed E-state index contributed by atoms with van der Waals surface area (Å²) in [7, 11) is 2.09. The lowest BCUT2D eigenvalue weighted by Gasteiger charge is -2.33. The normalized spacial score (nSPS) is 15.3. The van der Waals surface area contributed by atoms with Gasteiger partial charge >= 0.3 is 0 Å². The largest absolute Gasteiger partial charge is 0.354 e. The minimum atomic E-state index is -0.320. The monoisotopic (exact) mass is 379 g/mol. The Kier molecular flexibility index (Phi) is 5.42. The molecule has 1 aliphatic rings. The summed E-state index contributed by atoms with van der Waals surface area (Å²) in [5.41, 5.74) is 0.845. The van der Waals surface area contributed by atoms with E-state index in [-0.39, 0.29) is 5.91 Å². The lowest BCUT2D eigenvalue weighted by molar-refractivity contribution is 0.102. The Morgan fingerprint density at radius 1 is 1.04 bits per heavy atom. The molecule has 1 aromatic heterocycles. The number of amides is 1. The van der Waals surface area contributed by atoms with Gasteiger partial charge in [0.05, 0.1) is 0 Å². The van der Waals surface area contributed by atoms with Crippen molar-refractivity contribution in [1.29, 1.82) is 0 Å². The Balaban J connectivity index is 1.80. The van der Waals surface area contributed by atoms with Crippen molar-refractivity contribution in [3.05, 3.63) is 45.8 Å². The molecule has 1 aromatic carbocycles. The number of carbonyl (C=O) groups excluding carboxylic acids is 1. The molecule has 0 atom stereocenters. The van der Waals surface area contributed by atoms with Crippen molar-refractivity contribution in [2.75, 3.05) is 43.4 Å². The molecule has 2 aromatic rings. The third kappa shape index (κ3) is 4.60. The summed E-state index contributed by atoms with van der Waals surface area (Å²) in [5, 5.41) is 3.70. The first-order valence-corrected chi connectivity index (χ1v) is 8.73. The van der Waals surface area contributed by atoms with Crippen LogP contribution >= 0.6 is 23.2 Å². The zero-order valence-corrected chi connectivity index (χ0v) is 15.6. The van der Waals surface area contributed by atoms with Crippen molar-refractivity contribution >= 4 is 40.6 Å². The zero-order chi connectivity index (χ0) is 18.0. The number of hydrogen-bond acceptors (Lipinski definition) is 5. The summed E-state index contributed by atoms with van der Waals surface area (Å²) in [4.78, 5) is 25.7. The number of halogens is 2. The van der Waals surface area contributed by atoms with Crippen LogP contribution in [0.15, 0.2) is 24.3 Å². The second-order valence-electron chi connectivity index (χ2n) is 6.06. The topological polar surface area (TPSA) is 61.4 Å². The molecule has 1 N–H and O–H groups in total. The molecule has 25 heavy (non-hydrogen) atoms. The maximum absolute atomic E-state index is 12.6. The molecule has 0 saturated carbocycles. The standard InChI is InChI=1S/C17H19Cl2N5O/c1-11-20-15(10-16(21-11)24-5-3-23(2)4-6-24)17(25)22-14-8-12(18)7-13(19)9-14/h7-10H,3-6H2,1-2H3,(H,22,25). The van der Waals surface area contributed by atoms with Crippen molar-refractivity contribution in [1.82, 2.24) is 14.9 Å². The molecule has 0 unspecified atom stereocenters. The quantitative estimate of drug-likeness (QED) is 0.887. The molecule has 2 heterocycles. The van der Waals surface area contributed by atoms with E-state index >= 15 is 0 Å². The summed E-state index contributed by atoms with van der Waals surface area (Å²) in [6, 6.07) is 6.61. The number of rotatable bonds is 3. The van der Waals surface area contributed by atoms with Crippen LogP contribution in [0.5, 0.6) is 0 Å². The maximum atomic E-state index is 12.6. The Labute approximate surface area is 156 Å². The lowest BCUT2D eigenvalue weighted by Crippen LogP contribution is -2.45. The first-order valence-electron chi connectivity index (χ1n) is 7.97. The average molecular weight is 380 g/mol. The van der Waals surface area contributed by atoms with Crippen LogP contribution in [0.1, 0.15) is 16.3 Å². The first kappa shape index (κ1) is 17.9. The molecule has 1 amide bonds. The van der Waals surface area contributed by atoms with Crippen LogP contribution in [0, 0.1) is 6.92 Å². The van der Waals surface area contributed by atoms with Gasteiger partial charge in [-0.2, -0.15) is 0 Å². The minimum Gasteiger partial charge on any atom is -0.354 e. The minimum absolute atomic E-state index is 0.317. The summed E-state index contributed by atoms with van der Waals surface area (Å²) < 4.78 is 0. The molecule has 6 nitrogen and oxygen atoms in total. The van der Waals surface area contributed by atoms with Gasteiger partial charge in [-0.3, -0.25) is 4.79 Å². The number of anilines is 2. The second-order valence-corrected chi connectivity index (χ2v) is 6.93. The fraction of sp³-hybridized carbons (Fsp3) is 0.353. The van der Waals surface area contributed by atoms with E-state index in [9.17, 15) is 4.79 Å². The van der Waals surface area contributed by atoms with Crippen LogP contribution in [0.2, 0.25) is 10.0 Å². The van der Waals surface area contributed by atoms with Gasteiger partial charge < -0.3 is 15.1 Å². The highest BCUT2D eigenvalue weighted by Crippen LogP contribution is 2.23. The molecule has 1 fully saturated rings. The van der Waals surface area contributed by atoms with Gasteiger partial charge in [-0.05, 0) is 32.2 Å². The third-order valence-electron chi connectivity index (χ3n) is 4.00. The molecular formula is C17H19Cl2N5O. The Morgan fingerprint density at radius 2 is 1.68 bits per heavy atom. The predicted molar refractivity (Wildman–Crippen MR) is 101 cm³/mol. The number of nitrogens with zero attached hydrogens (tertiary/aromatic N) is 4. The predicted octanol–water partition coefficient (Wildman–Crippen LogP) is 3.10. The number of hydrogen-bond donors (Lipinski definition) is 1. The zero-order valence-electron chi connectivity index (χ0n) is 14.1. The fourth-order valence-corrected chi connectivity index (χ4v) is 3.21. The third-order valence-corrected chi connectivity index (χ3v) is 4.44. The number of piperazine rings is 1. The van der Waals surface area contributed by atoms with Gasteiger partial charge in [0.15, 0.2) is 0 Å². The molecule has 1 aliphatic heterocycles. The van der Waals surface area contributed by atoms with Crippen molar-refractivity contribution < 1.29 is 4.79 Å². The molecule has 3 rings (SSSR count). The highest BCUT2D eigenvalue weighted by Gasteiger charge is 2.18. The number of carbonyl (C=O) groups is 1. The van der Waals surface area contributed by atoms with Crippen molar-refractivity contribution in [2.24, 2.45) is 0 Å². The van der Waals surface area contributed by atoms with Gasteiger partial charge in [0.25, 0.3) is 5.91 Å². The Hall–Kier alpha value is -1.89. The van der Waals surface area contributed by atoms with Gasteiger partial charge in [0.1, 0.15) is 17.3 Å². The first-order chi connectivity index (χ1) is 11.9. The highest BCUT2D eigenvalue weighted by atomic mass is 35.5. The molecule has 0 spiro atoms. The Morgan fingerprint density at radius 3 is 2.32 bits per heavy atom. The van der Waals surface area contributed by atoms with Gasteiger partial charge in [0, 0.05) is 48.0 Å². The maximum Gasteiger partial charge on any atom is 0.274 e. The van der Waals surface area contributed by atoms with Crippen LogP contribution in [0.4, 0.5) is 11.5 Å². The summed E-state index contributed by atoms with van der Waals surface area (Å²) in [6.45, 7) is 5.46. The summed E-state index contributed by atoms with van der Waals surface area (Å²) in [6.07, 6.45) is 0. The molecule has 1 saturated heterocycles. The number of benzene rings is 1. The van der Waals surface area contributed by atoms with Crippen molar-refractivity contribution in [2.45, 2.75) is 6.92 Å². The second kappa shape index (κ2) is 7.56. The average Bonchev–Trinajstić information content (AvgIpc) is 2.54. The SMILES string of the molecule is Cc1nc(C(=O)Nc2cc(Cl)cc(Cl)c2)cc(N2CCN(C)CC2)n1. The highest BCUT2D eigenvalue weighted by molar-refractivity contribution is 6.35. The smallest absolute Gasteiger partial charge is 0.274 e. The molecule has 0 aliphatic carbocycles. The van der Waals surface area contributed by atoms with E-state index in [0.717, 1.165) is 32.0 Å². The van der Waals surface area contributed by atoms with E-state index in [1.54, 1.807) is 31.2 Å². The lowest BCUT2D eigenvalue weighted by atomic mass is 10.2. The van der Waals surface area contributed by atoms with E-state index in [1.165, 1.54) is 0 Å². The number of likely N-dealkylation sites (N-methyl/N-ethyl adjacent to an activating group) is 1. The number of aromatic nitrogens is 2. The van der Waals surface area contributed by atoms with E-state index in [1.807, 2.05) is 0 Å². The van der Waals surface area contributed by atoms with Crippen LogP contribution in [-0.2, 0) is 0 Å². The molecule has 0 bridgehead atoms. The summed E-state index contributed by atoms with van der Waals surface area (Å²) >= 11 is 11.9. The van der Waals surface area contributed by atoms with E-state index in [4.69, 9.17) is 23.2 Å². The molecule has 0 radical (unpaired) electrons. The molecular weight excluding hydrogens is 361 g/mol. The van der Waals surface area contributed by atoms with Gasteiger partial charge in [-0.1, -0.05) is 23.2 Å². The van der Waals surface area contributed by atoms with Crippen LogP contribution in [-0.4, -0.2) is 54.0 Å².